The Morgan fingerprint density at radius 1 is 0.391 bits per heavy atom. The predicted molar refractivity (Wildman–Crippen MR) is 322 cm³/mol. The van der Waals surface area contributed by atoms with Crippen molar-refractivity contribution in [3.63, 3.8) is 0 Å². The van der Waals surface area contributed by atoms with Crippen LogP contribution in [0, 0.1) is 0 Å². The molecule has 4 aromatic rings. The SMILES string of the molecule is C=CCCCCOc1c(Br)cc(C(C)(C)c2cc(Br)c(OC(CC)(CC)CCCCCOc3c(Br)cc(C(C)(C)c4cc(Br)c(OC(CC)(CC)CCCCC=C)c(Br)c4)cc3Br)c(Br)c2)cc1Br. The van der Waals surface area contributed by atoms with Gasteiger partial charge in [-0.15, -0.1) is 13.2 Å². The van der Waals surface area contributed by atoms with Gasteiger partial charge in [0.15, 0.2) is 0 Å². The number of hydrogen-bond acceptors (Lipinski definition) is 4. The average Bonchev–Trinajstić information content (AvgIpc) is 3.31. The summed E-state index contributed by atoms with van der Waals surface area (Å²) in [6.45, 7) is 26.9. The topological polar surface area (TPSA) is 36.9 Å². The summed E-state index contributed by atoms with van der Waals surface area (Å²) in [5, 5.41) is 0. The molecular weight excluding hydrogens is 1390 g/mol. The minimum absolute atomic E-state index is 0.214. The molecular formula is C57H72Br8O4. The molecule has 0 spiro atoms. The molecule has 0 aliphatic rings. The van der Waals surface area contributed by atoms with E-state index in [1.54, 1.807) is 0 Å². The summed E-state index contributed by atoms with van der Waals surface area (Å²) in [6.07, 6.45) is 18.9. The van der Waals surface area contributed by atoms with Crippen LogP contribution < -0.4 is 18.9 Å². The molecule has 4 aromatic carbocycles. The van der Waals surface area contributed by atoms with Crippen molar-refractivity contribution in [2.75, 3.05) is 13.2 Å². The van der Waals surface area contributed by atoms with E-state index in [0.717, 1.165) is 172 Å². The highest BCUT2D eigenvalue weighted by molar-refractivity contribution is 9.12. The van der Waals surface area contributed by atoms with Crippen LogP contribution in [0.2, 0.25) is 0 Å². The average molecular weight is 1460 g/mol. The van der Waals surface area contributed by atoms with Crippen LogP contribution >= 0.6 is 127 Å². The monoisotopic (exact) mass is 1450 g/mol. The van der Waals surface area contributed by atoms with Gasteiger partial charge < -0.3 is 18.9 Å². The summed E-state index contributed by atoms with van der Waals surface area (Å²) in [5.41, 5.74) is 3.52. The van der Waals surface area contributed by atoms with E-state index in [1.165, 1.54) is 5.56 Å². The molecule has 12 heteroatoms. The van der Waals surface area contributed by atoms with Crippen molar-refractivity contribution in [3.8, 4) is 23.0 Å². The second-order valence-electron chi connectivity index (χ2n) is 19.1. The van der Waals surface area contributed by atoms with Crippen LogP contribution in [0.15, 0.2) is 110 Å². The van der Waals surface area contributed by atoms with E-state index < -0.39 is 0 Å². The van der Waals surface area contributed by atoms with Crippen LogP contribution in [0.3, 0.4) is 0 Å². The summed E-state index contributed by atoms with van der Waals surface area (Å²) in [5.74, 6) is 3.35. The number of ether oxygens (including phenoxy) is 4. The molecule has 0 aromatic heterocycles. The fraction of sp³-hybridized carbons (Fsp3) is 0.509. The van der Waals surface area contributed by atoms with E-state index >= 15 is 0 Å². The summed E-state index contributed by atoms with van der Waals surface area (Å²) < 4.78 is 34.0. The first kappa shape index (κ1) is 61.0. The van der Waals surface area contributed by atoms with Crippen LogP contribution in [0.5, 0.6) is 23.0 Å². The number of rotatable bonds is 30. The Labute approximate surface area is 483 Å². The summed E-state index contributed by atoms with van der Waals surface area (Å²) in [4.78, 5) is 0. The van der Waals surface area contributed by atoms with Crippen LogP contribution in [-0.4, -0.2) is 24.4 Å². The first-order valence-corrected chi connectivity index (χ1v) is 30.9. The Hall–Kier alpha value is -0.600. The number of unbranched alkanes of at least 4 members (excludes halogenated alkanes) is 6. The van der Waals surface area contributed by atoms with Crippen molar-refractivity contribution >= 4 is 127 Å². The van der Waals surface area contributed by atoms with Gasteiger partial charge in [0, 0.05) is 10.8 Å². The van der Waals surface area contributed by atoms with Gasteiger partial charge in [0.25, 0.3) is 0 Å². The van der Waals surface area contributed by atoms with Crippen molar-refractivity contribution in [2.24, 2.45) is 0 Å². The van der Waals surface area contributed by atoms with Gasteiger partial charge in [0.05, 0.1) is 49.0 Å². The van der Waals surface area contributed by atoms with Crippen molar-refractivity contribution in [1.29, 1.82) is 0 Å². The maximum Gasteiger partial charge on any atom is 0.148 e. The molecule has 0 aliphatic heterocycles. The Balaban J connectivity index is 1.37. The molecule has 0 radical (unpaired) electrons. The van der Waals surface area contributed by atoms with Crippen molar-refractivity contribution in [2.45, 2.75) is 174 Å². The summed E-state index contributed by atoms with van der Waals surface area (Å²) in [6, 6.07) is 17.5. The maximum atomic E-state index is 7.01. The Morgan fingerprint density at radius 3 is 0.942 bits per heavy atom. The van der Waals surface area contributed by atoms with Gasteiger partial charge in [-0.2, -0.15) is 0 Å². The van der Waals surface area contributed by atoms with E-state index in [2.05, 4.69) is 245 Å². The second kappa shape index (κ2) is 28.3. The Kier molecular flexibility index (Phi) is 25.0. The van der Waals surface area contributed by atoms with Gasteiger partial charge in [-0.1, -0.05) is 67.5 Å². The van der Waals surface area contributed by atoms with Gasteiger partial charge in [0.2, 0.25) is 0 Å². The third-order valence-corrected chi connectivity index (χ3v) is 18.7. The standard InChI is InChI=1S/C57H72Br8O4/c1-11-17-19-22-26-56(13-3,14-4)68-52-46(62)34-40(35-47(52)63)55(9,10)39-32-44(60)51(45(61)33-39)67-29-25-21-23-27-57(15-5,16-6)69-53-48(64)36-41(37-49(53)65)54(7,8)38-30-42(58)50(43(59)31-38)66-28-24-20-18-12-2/h11-12,30-37H,1-2,13-29H2,3-10H3. The van der Waals surface area contributed by atoms with Crippen LogP contribution in [0.4, 0.5) is 0 Å². The molecule has 4 rings (SSSR count). The quantitative estimate of drug-likeness (QED) is 0.0385. The molecule has 0 heterocycles. The fourth-order valence-corrected chi connectivity index (χ4v) is 14.2. The molecule has 0 amide bonds. The molecule has 0 bridgehead atoms. The molecule has 0 atom stereocenters. The van der Waals surface area contributed by atoms with E-state index in [1.807, 2.05) is 12.2 Å². The lowest BCUT2D eigenvalue weighted by Crippen LogP contribution is -2.35. The fourth-order valence-electron chi connectivity index (χ4n) is 8.72. The number of allylic oxidation sites excluding steroid dienone is 2. The third-order valence-electron chi connectivity index (χ3n) is 14.0. The Bertz CT molecular complexity index is 2240. The van der Waals surface area contributed by atoms with Crippen LogP contribution in [0.25, 0.3) is 0 Å². The number of hydrogen-bond donors (Lipinski definition) is 0. The van der Waals surface area contributed by atoms with Crippen molar-refractivity contribution < 1.29 is 18.9 Å². The molecule has 0 saturated heterocycles. The zero-order valence-corrected chi connectivity index (χ0v) is 54.6. The molecule has 0 N–H and O–H groups in total. The lowest BCUT2D eigenvalue weighted by Gasteiger charge is -2.35. The van der Waals surface area contributed by atoms with Gasteiger partial charge in [-0.25, -0.2) is 0 Å². The van der Waals surface area contributed by atoms with Gasteiger partial charge in [-0.05, 0) is 295 Å². The van der Waals surface area contributed by atoms with E-state index in [4.69, 9.17) is 18.9 Å². The van der Waals surface area contributed by atoms with E-state index in [-0.39, 0.29) is 22.0 Å². The molecule has 380 valence electrons. The highest BCUT2D eigenvalue weighted by Gasteiger charge is 2.34. The van der Waals surface area contributed by atoms with Crippen LogP contribution in [0.1, 0.15) is 174 Å². The molecule has 4 nitrogen and oxygen atoms in total. The largest absolute Gasteiger partial charge is 0.491 e. The normalized spacial score (nSPS) is 12.3. The molecule has 69 heavy (non-hydrogen) atoms. The first-order chi connectivity index (χ1) is 32.7. The maximum absolute atomic E-state index is 7.01. The van der Waals surface area contributed by atoms with Crippen molar-refractivity contribution in [3.05, 3.63) is 132 Å². The summed E-state index contributed by atoms with van der Waals surface area (Å²) in [7, 11) is 0. The molecule has 0 unspecified atom stereocenters. The van der Waals surface area contributed by atoms with Crippen LogP contribution in [-0.2, 0) is 10.8 Å². The summed E-state index contributed by atoms with van der Waals surface area (Å²) >= 11 is 31.0. The smallest absolute Gasteiger partial charge is 0.148 e. The minimum Gasteiger partial charge on any atom is -0.491 e. The van der Waals surface area contributed by atoms with E-state index in [9.17, 15) is 0 Å². The molecule has 0 fully saturated rings. The second-order valence-corrected chi connectivity index (χ2v) is 26.0. The lowest BCUT2D eigenvalue weighted by molar-refractivity contribution is 0.0463. The Morgan fingerprint density at radius 2 is 0.652 bits per heavy atom. The number of halogens is 8. The lowest BCUT2D eigenvalue weighted by atomic mass is 9.78. The first-order valence-electron chi connectivity index (χ1n) is 24.5. The third kappa shape index (κ3) is 16.2. The molecule has 0 saturated carbocycles. The van der Waals surface area contributed by atoms with Crippen molar-refractivity contribution in [1.82, 2.24) is 0 Å². The zero-order valence-electron chi connectivity index (χ0n) is 41.9. The highest BCUT2D eigenvalue weighted by Crippen LogP contribution is 2.48. The molecule has 0 aliphatic carbocycles. The zero-order chi connectivity index (χ0) is 51.2. The minimum atomic E-state index is -0.315. The van der Waals surface area contributed by atoms with Gasteiger partial charge >= 0.3 is 0 Å². The highest BCUT2D eigenvalue weighted by atomic mass is 79.9. The predicted octanol–water partition coefficient (Wildman–Crippen LogP) is 22.4. The number of benzene rings is 4. The van der Waals surface area contributed by atoms with Gasteiger partial charge in [0.1, 0.15) is 34.2 Å². The van der Waals surface area contributed by atoms with E-state index in [0.29, 0.717) is 13.2 Å². The van der Waals surface area contributed by atoms with Gasteiger partial charge in [-0.3, -0.25) is 0 Å².